The Labute approximate surface area is 148 Å². The number of piperazine rings is 1. The number of urea groups is 1. The third kappa shape index (κ3) is 5.32. The highest BCUT2D eigenvalue weighted by molar-refractivity contribution is 5.89. The molecule has 2 saturated heterocycles. The maximum atomic E-state index is 12.4. The molecular weight excluding hydrogens is 322 g/mol. The van der Waals surface area contributed by atoms with E-state index < -0.39 is 0 Å². The van der Waals surface area contributed by atoms with E-state index in [0.717, 1.165) is 31.1 Å². The Bertz CT molecular complexity index is 555. The zero-order chi connectivity index (χ0) is 17.5. The maximum absolute atomic E-state index is 12.4. The Morgan fingerprint density at radius 3 is 2.84 bits per heavy atom. The summed E-state index contributed by atoms with van der Waals surface area (Å²) in [5.74, 6) is 0.764. The smallest absolute Gasteiger partial charge is 0.321 e. The lowest BCUT2D eigenvalue weighted by Crippen LogP contribution is -2.52. The Morgan fingerprint density at radius 2 is 2.12 bits per heavy atom. The Kier molecular flexibility index (Phi) is 6.49. The molecule has 0 spiro atoms. The number of carbonyl (C=O) groups is 1. The van der Waals surface area contributed by atoms with E-state index in [1.807, 2.05) is 36.1 Å². The normalized spacial score (nSPS) is 21.8. The van der Waals surface area contributed by atoms with Crippen molar-refractivity contribution >= 4 is 11.7 Å². The Hall–Kier alpha value is -1.83. The Morgan fingerprint density at radius 1 is 1.28 bits per heavy atom. The molecule has 138 valence electrons. The summed E-state index contributed by atoms with van der Waals surface area (Å²) in [5, 5.41) is 2.95. The monoisotopic (exact) mass is 349 g/mol. The average Bonchev–Trinajstić information content (AvgIpc) is 2.64. The molecule has 2 aliphatic heterocycles. The van der Waals surface area contributed by atoms with E-state index in [9.17, 15) is 4.79 Å². The number of ether oxygens (including phenoxy) is 3. The second kappa shape index (κ2) is 9.03. The standard InChI is InChI=1S/C18H27N3O4/c1-2-24-16-5-3-4-15(12-16)19-18(22)21-8-6-20(7-9-21)13-17-14-23-10-11-25-17/h3-5,12,17H,2,6-11,13-14H2,1H3,(H,19,22)/t17-/m1/s1. The van der Waals surface area contributed by atoms with Crippen molar-refractivity contribution in [3.05, 3.63) is 24.3 Å². The number of anilines is 1. The fourth-order valence-corrected chi connectivity index (χ4v) is 3.10. The first-order valence-electron chi connectivity index (χ1n) is 8.95. The van der Waals surface area contributed by atoms with Gasteiger partial charge in [-0.05, 0) is 19.1 Å². The van der Waals surface area contributed by atoms with E-state index in [4.69, 9.17) is 14.2 Å². The molecule has 2 aliphatic rings. The van der Waals surface area contributed by atoms with Crippen molar-refractivity contribution in [3.8, 4) is 5.75 Å². The number of amides is 2. The van der Waals surface area contributed by atoms with Crippen LogP contribution >= 0.6 is 0 Å². The predicted molar refractivity (Wildman–Crippen MR) is 95.2 cm³/mol. The van der Waals surface area contributed by atoms with Crippen LogP contribution in [0.4, 0.5) is 10.5 Å². The molecule has 0 saturated carbocycles. The summed E-state index contributed by atoms with van der Waals surface area (Å²) in [5.41, 5.74) is 0.756. The van der Waals surface area contributed by atoms with Crippen LogP contribution in [0.2, 0.25) is 0 Å². The minimum atomic E-state index is -0.0643. The predicted octanol–water partition coefficient (Wildman–Crippen LogP) is 1.65. The van der Waals surface area contributed by atoms with Crippen molar-refractivity contribution in [2.45, 2.75) is 13.0 Å². The summed E-state index contributed by atoms with van der Waals surface area (Å²) in [7, 11) is 0. The molecule has 1 atom stereocenters. The lowest BCUT2D eigenvalue weighted by atomic mass is 10.2. The van der Waals surface area contributed by atoms with E-state index in [1.54, 1.807) is 0 Å². The summed E-state index contributed by atoms with van der Waals surface area (Å²) < 4.78 is 16.6. The minimum absolute atomic E-state index is 0.0643. The number of hydrogen-bond acceptors (Lipinski definition) is 5. The fraction of sp³-hybridized carbons (Fsp3) is 0.611. The largest absolute Gasteiger partial charge is 0.494 e. The van der Waals surface area contributed by atoms with Gasteiger partial charge in [0.1, 0.15) is 5.75 Å². The molecule has 0 aromatic heterocycles. The molecule has 3 rings (SSSR count). The van der Waals surface area contributed by atoms with Gasteiger partial charge >= 0.3 is 6.03 Å². The second-order valence-electron chi connectivity index (χ2n) is 6.25. The topological polar surface area (TPSA) is 63.3 Å². The SMILES string of the molecule is CCOc1cccc(NC(=O)N2CCN(C[C@@H]3COCCO3)CC2)c1. The number of nitrogens with one attached hydrogen (secondary N) is 1. The molecular formula is C18H27N3O4. The number of benzene rings is 1. The van der Waals surface area contributed by atoms with E-state index in [2.05, 4.69) is 10.2 Å². The first kappa shape index (κ1) is 18.0. The molecule has 1 aromatic rings. The molecule has 2 fully saturated rings. The van der Waals surface area contributed by atoms with Gasteiger partial charge in [0.25, 0.3) is 0 Å². The molecule has 2 amide bonds. The summed E-state index contributed by atoms with van der Waals surface area (Å²) in [4.78, 5) is 16.6. The van der Waals surface area contributed by atoms with Crippen molar-refractivity contribution in [2.24, 2.45) is 0 Å². The van der Waals surface area contributed by atoms with Gasteiger partial charge in [-0.1, -0.05) is 6.07 Å². The van der Waals surface area contributed by atoms with Gasteiger partial charge in [0.2, 0.25) is 0 Å². The van der Waals surface area contributed by atoms with Crippen molar-refractivity contribution < 1.29 is 19.0 Å². The summed E-state index contributed by atoms with van der Waals surface area (Å²) in [6.45, 7) is 8.57. The first-order valence-corrected chi connectivity index (χ1v) is 8.95. The van der Waals surface area contributed by atoms with Crippen molar-refractivity contribution in [1.29, 1.82) is 0 Å². The van der Waals surface area contributed by atoms with Gasteiger partial charge in [0, 0.05) is 44.5 Å². The molecule has 0 radical (unpaired) electrons. The van der Waals surface area contributed by atoms with Crippen molar-refractivity contribution in [1.82, 2.24) is 9.80 Å². The van der Waals surface area contributed by atoms with Crippen LogP contribution in [-0.2, 0) is 9.47 Å². The van der Waals surface area contributed by atoms with Crippen LogP contribution in [0.3, 0.4) is 0 Å². The lowest BCUT2D eigenvalue weighted by molar-refractivity contribution is -0.0992. The summed E-state index contributed by atoms with van der Waals surface area (Å²) in [6.07, 6.45) is 0.149. The first-order chi connectivity index (χ1) is 12.2. The zero-order valence-corrected chi connectivity index (χ0v) is 14.8. The van der Waals surface area contributed by atoms with Crippen LogP contribution in [0.1, 0.15) is 6.92 Å². The van der Waals surface area contributed by atoms with Gasteiger partial charge in [-0.15, -0.1) is 0 Å². The van der Waals surface area contributed by atoms with Crippen molar-refractivity contribution in [3.63, 3.8) is 0 Å². The average molecular weight is 349 g/mol. The summed E-state index contributed by atoms with van der Waals surface area (Å²) in [6, 6.07) is 7.42. The van der Waals surface area contributed by atoms with Crippen LogP contribution in [0.15, 0.2) is 24.3 Å². The quantitative estimate of drug-likeness (QED) is 0.876. The van der Waals surface area contributed by atoms with Crippen LogP contribution in [0.5, 0.6) is 5.75 Å². The van der Waals surface area contributed by atoms with E-state index in [-0.39, 0.29) is 12.1 Å². The molecule has 25 heavy (non-hydrogen) atoms. The van der Waals surface area contributed by atoms with Gasteiger partial charge in [-0.2, -0.15) is 0 Å². The minimum Gasteiger partial charge on any atom is -0.494 e. The Balaban J connectivity index is 1.44. The number of hydrogen-bond donors (Lipinski definition) is 1. The third-order valence-corrected chi connectivity index (χ3v) is 4.40. The van der Waals surface area contributed by atoms with E-state index in [1.165, 1.54) is 0 Å². The van der Waals surface area contributed by atoms with Gasteiger partial charge in [0.15, 0.2) is 0 Å². The van der Waals surface area contributed by atoms with Gasteiger partial charge < -0.3 is 24.4 Å². The molecule has 0 bridgehead atoms. The van der Waals surface area contributed by atoms with Crippen LogP contribution in [-0.4, -0.2) is 81.1 Å². The molecule has 0 aliphatic carbocycles. The maximum Gasteiger partial charge on any atom is 0.321 e. The number of carbonyl (C=O) groups excluding carboxylic acids is 1. The zero-order valence-electron chi connectivity index (χ0n) is 14.8. The third-order valence-electron chi connectivity index (χ3n) is 4.40. The number of rotatable bonds is 5. The van der Waals surface area contributed by atoms with Crippen molar-refractivity contribution in [2.75, 3.05) is 64.5 Å². The van der Waals surface area contributed by atoms with Gasteiger partial charge in [-0.3, -0.25) is 4.90 Å². The van der Waals surface area contributed by atoms with Crippen LogP contribution < -0.4 is 10.1 Å². The highest BCUT2D eigenvalue weighted by Crippen LogP contribution is 2.18. The highest BCUT2D eigenvalue weighted by atomic mass is 16.6. The highest BCUT2D eigenvalue weighted by Gasteiger charge is 2.24. The van der Waals surface area contributed by atoms with Crippen LogP contribution in [0, 0.1) is 0 Å². The van der Waals surface area contributed by atoms with Crippen LogP contribution in [0.25, 0.3) is 0 Å². The molecule has 1 aromatic carbocycles. The molecule has 0 unspecified atom stereocenters. The molecule has 2 heterocycles. The summed E-state index contributed by atoms with van der Waals surface area (Å²) >= 11 is 0. The van der Waals surface area contributed by atoms with E-state index in [0.29, 0.717) is 39.5 Å². The molecule has 1 N–H and O–H groups in total. The van der Waals surface area contributed by atoms with E-state index >= 15 is 0 Å². The molecule has 7 nitrogen and oxygen atoms in total. The number of nitrogens with zero attached hydrogens (tertiary/aromatic N) is 2. The fourth-order valence-electron chi connectivity index (χ4n) is 3.10. The van der Waals surface area contributed by atoms with Gasteiger partial charge in [-0.25, -0.2) is 4.79 Å². The van der Waals surface area contributed by atoms with Gasteiger partial charge in [0.05, 0.1) is 32.5 Å². The molecule has 7 heteroatoms. The lowest BCUT2D eigenvalue weighted by Gasteiger charge is -2.37. The second-order valence-corrected chi connectivity index (χ2v) is 6.25.